The van der Waals surface area contributed by atoms with Crippen LogP contribution < -0.4 is 0 Å². The summed E-state index contributed by atoms with van der Waals surface area (Å²) in [6.07, 6.45) is 5.54. The van der Waals surface area contributed by atoms with Crippen molar-refractivity contribution in [2.45, 2.75) is 57.8 Å². The highest BCUT2D eigenvalue weighted by atomic mass is 19.2. The lowest BCUT2D eigenvalue weighted by Crippen LogP contribution is -2.17. The molecule has 0 spiro atoms. The molecule has 3 aromatic carbocycles. The van der Waals surface area contributed by atoms with Gasteiger partial charge in [0.2, 0.25) is 0 Å². The number of rotatable bonds is 5. The molecule has 4 heteroatoms. The zero-order chi connectivity index (χ0) is 20.5. The van der Waals surface area contributed by atoms with Gasteiger partial charge in [-0.1, -0.05) is 50.1 Å². The van der Waals surface area contributed by atoms with Crippen molar-refractivity contribution < 1.29 is 17.6 Å². The first-order valence-corrected chi connectivity index (χ1v) is 10.4. The van der Waals surface area contributed by atoms with Gasteiger partial charge in [-0.05, 0) is 71.7 Å². The van der Waals surface area contributed by atoms with Gasteiger partial charge in [-0.2, -0.15) is 0 Å². The van der Waals surface area contributed by atoms with E-state index in [1.807, 2.05) is 24.3 Å². The summed E-state index contributed by atoms with van der Waals surface area (Å²) >= 11 is 0. The van der Waals surface area contributed by atoms with Gasteiger partial charge in [-0.15, -0.1) is 0 Å². The summed E-state index contributed by atoms with van der Waals surface area (Å²) in [6, 6.07) is 10.6. The monoisotopic (exact) mass is 400 g/mol. The Morgan fingerprint density at radius 1 is 0.897 bits per heavy atom. The molecular weight excluding hydrogens is 376 g/mol. The van der Waals surface area contributed by atoms with Crippen molar-refractivity contribution in [1.82, 2.24) is 0 Å². The minimum atomic E-state index is -1.42. The molecule has 152 valence electrons. The maximum Gasteiger partial charge on any atom is 0.194 e. The van der Waals surface area contributed by atoms with E-state index < -0.39 is 17.5 Å². The zero-order valence-electron chi connectivity index (χ0n) is 16.5. The van der Waals surface area contributed by atoms with E-state index in [1.54, 1.807) is 6.07 Å². The molecule has 4 rings (SSSR count). The first-order valence-electron chi connectivity index (χ1n) is 10.4. The molecule has 1 aliphatic rings. The molecule has 0 heterocycles. The fraction of sp³-hybridized carbons (Fsp3) is 0.360. The number of benzene rings is 3. The lowest BCUT2D eigenvalue weighted by atomic mass is 9.79. The second kappa shape index (κ2) is 8.17. The van der Waals surface area contributed by atoms with Gasteiger partial charge in [0.15, 0.2) is 17.5 Å². The Kier molecular flexibility index (Phi) is 5.62. The van der Waals surface area contributed by atoms with Gasteiger partial charge in [-0.25, -0.2) is 17.6 Å². The van der Waals surface area contributed by atoms with Gasteiger partial charge in [0.1, 0.15) is 5.82 Å². The van der Waals surface area contributed by atoms with Crippen molar-refractivity contribution in [3.63, 3.8) is 0 Å². The van der Waals surface area contributed by atoms with Crippen LogP contribution in [0.25, 0.3) is 10.8 Å². The van der Waals surface area contributed by atoms with E-state index in [9.17, 15) is 13.2 Å². The van der Waals surface area contributed by atoms with Crippen LogP contribution in [0.5, 0.6) is 0 Å². The average Bonchev–Trinajstić information content (AvgIpc) is 2.72. The Hall–Kier alpha value is -2.36. The Morgan fingerprint density at radius 3 is 2.52 bits per heavy atom. The molecule has 0 N–H and O–H groups in total. The Balaban J connectivity index is 1.63. The standard InChI is InChI=1S/C25H24F4/c1-2-3-4-5-15-6-9-19-16(12-15)7-10-20(23(19)27)17-8-11-21-18(13-17)14-22(26)25(29)24(21)28/h6-7,9-10,12,14,17H,2-5,8,11,13H2,1H3. The SMILES string of the molecule is CCCCCc1ccc2c(F)c(C3CCc4c(cc(F)c(F)c4F)C3)ccc2c1. The van der Waals surface area contributed by atoms with Crippen molar-refractivity contribution >= 4 is 10.8 Å². The molecule has 0 amide bonds. The summed E-state index contributed by atoms with van der Waals surface area (Å²) in [5.41, 5.74) is 2.42. The molecule has 29 heavy (non-hydrogen) atoms. The number of fused-ring (bicyclic) bond motifs is 2. The summed E-state index contributed by atoms with van der Waals surface area (Å²) in [7, 11) is 0. The molecule has 1 unspecified atom stereocenters. The minimum absolute atomic E-state index is 0.180. The summed E-state index contributed by atoms with van der Waals surface area (Å²) in [5.74, 6) is -4.15. The van der Waals surface area contributed by atoms with Crippen LogP contribution >= 0.6 is 0 Å². The van der Waals surface area contributed by atoms with Gasteiger partial charge < -0.3 is 0 Å². The Morgan fingerprint density at radius 2 is 1.72 bits per heavy atom. The second-order valence-corrected chi connectivity index (χ2v) is 8.05. The maximum absolute atomic E-state index is 15.3. The quantitative estimate of drug-likeness (QED) is 0.238. The Bertz CT molecular complexity index is 1050. The van der Waals surface area contributed by atoms with Crippen molar-refractivity contribution in [2.24, 2.45) is 0 Å². The van der Waals surface area contributed by atoms with Crippen LogP contribution in [0.3, 0.4) is 0 Å². The normalized spacial score (nSPS) is 16.2. The van der Waals surface area contributed by atoms with Crippen LogP contribution in [-0.4, -0.2) is 0 Å². The van der Waals surface area contributed by atoms with Gasteiger partial charge in [-0.3, -0.25) is 0 Å². The van der Waals surface area contributed by atoms with Crippen LogP contribution in [-0.2, 0) is 19.3 Å². The molecule has 0 aliphatic heterocycles. The van der Waals surface area contributed by atoms with Crippen LogP contribution in [0.15, 0.2) is 36.4 Å². The third kappa shape index (κ3) is 3.77. The summed E-state index contributed by atoms with van der Waals surface area (Å²) < 4.78 is 56.4. The van der Waals surface area contributed by atoms with Crippen molar-refractivity contribution in [2.75, 3.05) is 0 Å². The number of halogens is 4. The molecule has 0 saturated heterocycles. The van der Waals surface area contributed by atoms with E-state index in [0.717, 1.165) is 30.7 Å². The first-order chi connectivity index (χ1) is 14.0. The average molecular weight is 400 g/mol. The molecule has 0 aromatic heterocycles. The van der Waals surface area contributed by atoms with Crippen LogP contribution in [0.4, 0.5) is 17.6 Å². The zero-order valence-corrected chi connectivity index (χ0v) is 16.5. The number of aryl methyl sites for hydroxylation is 1. The molecule has 0 fully saturated rings. The van der Waals surface area contributed by atoms with Crippen LogP contribution in [0.2, 0.25) is 0 Å². The summed E-state index contributed by atoms with van der Waals surface area (Å²) in [4.78, 5) is 0. The first kappa shape index (κ1) is 19.9. The van der Waals surface area contributed by atoms with E-state index in [2.05, 4.69) is 6.92 Å². The highest BCUT2D eigenvalue weighted by molar-refractivity contribution is 5.84. The van der Waals surface area contributed by atoms with E-state index in [0.29, 0.717) is 29.4 Å². The molecule has 1 atom stereocenters. The number of hydrogen-bond acceptors (Lipinski definition) is 0. The maximum atomic E-state index is 15.3. The van der Waals surface area contributed by atoms with E-state index in [1.165, 1.54) is 12.0 Å². The van der Waals surface area contributed by atoms with Crippen LogP contribution in [0, 0.1) is 23.3 Å². The molecular formula is C25H24F4. The van der Waals surface area contributed by atoms with E-state index in [-0.39, 0.29) is 23.7 Å². The minimum Gasteiger partial charge on any atom is -0.206 e. The molecule has 3 aromatic rings. The third-order valence-electron chi connectivity index (χ3n) is 6.12. The molecule has 0 bridgehead atoms. The van der Waals surface area contributed by atoms with Gasteiger partial charge in [0.25, 0.3) is 0 Å². The van der Waals surface area contributed by atoms with E-state index >= 15 is 4.39 Å². The van der Waals surface area contributed by atoms with E-state index in [4.69, 9.17) is 0 Å². The number of unbranched alkanes of at least 4 members (excludes halogenated alkanes) is 2. The van der Waals surface area contributed by atoms with Crippen LogP contribution in [0.1, 0.15) is 60.8 Å². The molecule has 0 radical (unpaired) electrons. The molecule has 1 aliphatic carbocycles. The highest BCUT2D eigenvalue weighted by Gasteiger charge is 2.28. The number of hydrogen-bond donors (Lipinski definition) is 0. The van der Waals surface area contributed by atoms with Crippen molar-refractivity contribution in [3.05, 3.63) is 81.9 Å². The summed E-state index contributed by atoms with van der Waals surface area (Å²) in [5, 5.41) is 1.44. The second-order valence-electron chi connectivity index (χ2n) is 8.05. The van der Waals surface area contributed by atoms with Crippen molar-refractivity contribution in [1.29, 1.82) is 0 Å². The Labute approximate surface area is 168 Å². The third-order valence-corrected chi connectivity index (χ3v) is 6.12. The predicted molar refractivity (Wildman–Crippen MR) is 108 cm³/mol. The lowest BCUT2D eigenvalue weighted by molar-refractivity contribution is 0.427. The van der Waals surface area contributed by atoms with Gasteiger partial charge >= 0.3 is 0 Å². The fourth-order valence-electron chi connectivity index (χ4n) is 4.49. The van der Waals surface area contributed by atoms with Gasteiger partial charge in [0, 0.05) is 5.39 Å². The largest absolute Gasteiger partial charge is 0.206 e. The fourth-order valence-corrected chi connectivity index (χ4v) is 4.49. The lowest BCUT2D eigenvalue weighted by Gasteiger charge is -2.26. The van der Waals surface area contributed by atoms with Gasteiger partial charge in [0.05, 0.1) is 0 Å². The molecule has 0 nitrogen and oxygen atoms in total. The highest BCUT2D eigenvalue weighted by Crippen LogP contribution is 2.38. The topological polar surface area (TPSA) is 0 Å². The smallest absolute Gasteiger partial charge is 0.194 e. The molecule has 0 saturated carbocycles. The predicted octanol–water partition coefficient (Wildman–Crippen LogP) is 7.40. The summed E-state index contributed by atoms with van der Waals surface area (Å²) in [6.45, 7) is 2.17. The van der Waals surface area contributed by atoms with Crippen molar-refractivity contribution in [3.8, 4) is 0 Å².